The van der Waals surface area contributed by atoms with Gasteiger partial charge in [-0.15, -0.1) is 0 Å². The number of allylic oxidation sites excluding steroid dienone is 2. The monoisotopic (exact) mass is 1040 g/mol. The van der Waals surface area contributed by atoms with Crippen molar-refractivity contribution in [3.8, 4) is 23.0 Å². The molecule has 0 bridgehead atoms. The van der Waals surface area contributed by atoms with Crippen molar-refractivity contribution >= 4 is 58.2 Å². The van der Waals surface area contributed by atoms with Crippen molar-refractivity contribution in [2.24, 2.45) is 0 Å². The molecule has 2 aliphatic heterocycles. The highest BCUT2D eigenvalue weighted by atomic mass is 32.2. The van der Waals surface area contributed by atoms with Crippen molar-refractivity contribution in [3.63, 3.8) is 0 Å². The molecule has 22 nitrogen and oxygen atoms in total. The van der Waals surface area contributed by atoms with Crippen LogP contribution in [0.1, 0.15) is 60.4 Å². The largest absolute Gasteiger partial charge is 0.748 e. The zero-order valence-electron chi connectivity index (χ0n) is 40.9. The molecular weight excluding hydrogens is 983 g/mol. The van der Waals surface area contributed by atoms with Gasteiger partial charge >= 0.3 is 13.1 Å². The van der Waals surface area contributed by atoms with Gasteiger partial charge in [-0.3, -0.25) is 29.8 Å². The second kappa shape index (κ2) is 22.4. The number of amides is 2. The van der Waals surface area contributed by atoms with Gasteiger partial charge < -0.3 is 60.9 Å². The van der Waals surface area contributed by atoms with Crippen LogP contribution in [0.15, 0.2) is 84.1 Å². The van der Waals surface area contributed by atoms with Crippen LogP contribution in [0.3, 0.4) is 0 Å². The Morgan fingerprint density at radius 3 is 2.18 bits per heavy atom. The minimum atomic E-state index is -5.13. The van der Waals surface area contributed by atoms with Gasteiger partial charge in [-0.1, -0.05) is 0 Å². The molecule has 0 fully saturated rings. The van der Waals surface area contributed by atoms with E-state index in [9.17, 15) is 47.6 Å². The predicted octanol–water partition coefficient (Wildman–Crippen LogP) is 5.57. The molecule has 0 saturated carbocycles. The Bertz CT molecular complexity index is 3010. The number of nitro benzene ring substituents is 2. The highest BCUT2D eigenvalue weighted by Gasteiger charge is 2.54. The summed E-state index contributed by atoms with van der Waals surface area (Å²) in [7, 11) is 3.76. The number of quaternary nitrogens is 1. The minimum absolute atomic E-state index is 0.0766. The van der Waals surface area contributed by atoms with Crippen LogP contribution in [0.4, 0.5) is 24.8 Å². The number of hydrogen-bond acceptors (Lipinski definition) is 15. The summed E-state index contributed by atoms with van der Waals surface area (Å²) in [6.07, 6.45) is 1.45. The highest BCUT2D eigenvalue weighted by molar-refractivity contribution is 7.85. The van der Waals surface area contributed by atoms with Gasteiger partial charge in [-0.25, -0.2) is 13.2 Å². The SMILES string of the molecule is COc1ccc(C2=[N+]3C(=Cc4c(C)cc(CCC(=O)NC(CS(=O)(=O)[O-])C(=O)NCCOc5cc([N+](=O)[O-])c(C(C)OC(=O)Oc6ccc([N+](=O)[O-])cc6)cc5OC)n4[B-]3(F)F)C(CCC[N+](C)(C)C)=C2)cc1. The highest BCUT2D eigenvalue weighted by Crippen LogP contribution is 2.41. The molecule has 2 amide bonds. The second-order valence-corrected chi connectivity index (χ2v) is 19.6. The number of rotatable bonds is 23. The van der Waals surface area contributed by atoms with Crippen LogP contribution in [-0.2, 0) is 30.9 Å². The molecule has 4 aromatic rings. The number of benzene rings is 3. The van der Waals surface area contributed by atoms with E-state index in [1.54, 1.807) is 49.4 Å². The topological polar surface area (TPSA) is 273 Å². The number of halogens is 2. The Morgan fingerprint density at radius 2 is 1.58 bits per heavy atom. The van der Waals surface area contributed by atoms with Crippen LogP contribution in [0.2, 0.25) is 0 Å². The molecule has 0 spiro atoms. The summed E-state index contributed by atoms with van der Waals surface area (Å²) in [5, 5.41) is 27.6. The molecule has 6 rings (SSSR count). The number of nitrogens with zero attached hydrogens (tertiary/aromatic N) is 5. The number of nitrogens with one attached hydrogen (secondary N) is 2. The summed E-state index contributed by atoms with van der Waals surface area (Å²) in [4.78, 5) is 60.7. The number of methoxy groups -OCH3 is 2. The van der Waals surface area contributed by atoms with Crippen LogP contribution in [0.25, 0.3) is 6.08 Å². The molecule has 3 heterocycles. The van der Waals surface area contributed by atoms with Gasteiger partial charge in [0.25, 0.3) is 11.4 Å². The van der Waals surface area contributed by atoms with Crippen LogP contribution >= 0.6 is 0 Å². The number of carbonyl (C=O) groups is 3. The number of aryl methyl sites for hydroxylation is 2. The van der Waals surface area contributed by atoms with Crippen LogP contribution in [-0.4, -0.2) is 134 Å². The van der Waals surface area contributed by atoms with E-state index in [1.165, 1.54) is 21.1 Å². The number of aromatic nitrogens is 1. The van der Waals surface area contributed by atoms with Crippen molar-refractivity contribution < 1.29 is 78.5 Å². The van der Waals surface area contributed by atoms with Crippen molar-refractivity contribution in [1.29, 1.82) is 0 Å². The number of ether oxygens (including phenoxy) is 5. The molecule has 26 heteroatoms. The molecule has 0 radical (unpaired) electrons. The average molecular weight is 1040 g/mol. The molecule has 2 atom stereocenters. The third-order valence-corrected chi connectivity index (χ3v) is 12.6. The predicted molar refractivity (Wildman–Crippen MR) is 260 cm³/mol. The summed E-state index contributed by atoms with van der Waals surface area (Å²) < 4.78 is 99.3. The molecule has 390 valence electrons. The quantitative estimate of drug-likeness (QED) is 0.0134. The smallest absolute Gasteiger partial charge is 0.737 e. The van der Waals surface area contributed by atoms with E-state index in [2.05, 4.69) is 31.8 Å². The van der Waals surface area contributed by atoms with E-state index < -0.39 is 88.1 Å². The van der Waals surface area contributed by atoms with Gasteiger partial charge in [0, 0.05) is 54.0 Å². The van der Waals surface area contributed by atoms with Gasteiger partial charge in [-0.05, 0) is 86.5 Å². The Morgan fingerprint density at radius 1 is 0.904 bits per heavy atom. The van der Waals surface area contributed by atoms with Crippen molar-refractivity contribution in [2.45, 2.75) is 51.7 Å². The zero-order chi connectivity index (χ0) is 53.6. The van der Waals surface area contributed by atoms with Gasteiger partial charge in [0.15, 0.2) is 22.9 Å². The van der Waals surface area contributed by atoms with Crippen LogP contribution in [0, 0.1) is 27.2 Å². The molecule has 2 aliphatic rings. The summed E-state index contributed by atoms with van der Waals surface area (Å²) >= 11 is 0. The first-order valence-corrected chi connectivity index (χ1v) is 24.3. The first-order chi connectivity index (χ1) is 34.3. The van der Waals surface area contributed by atoms with E-state index in [0.717, 1.165) is 63.9 Å². The first kappa shape index (κ1) is 54.6. The number of non-ortho nitro benzene ring substituents is 1. The maximum Gasteiger partial charge on any atom is 0.737 e. The van der Waals surface area contributed by atoms with Crippen molar-refractivity contribution in [3.05, 3.63) is 132 Å². The van der Waals surface area contributed by atoms with E-state index in [-0.39, 0.29) is 52.0 Å². The fourth-order valence-corrected chi connectivity index (χ4v) is 9.03. The zero-order valence-corrected chi connectivity index (χ0v) is 41.7. The Labute approximate surface area is 418 Å². The normalized spacial score (nSPS) is 14.7. The Balaban J connectivity index is 1.11. The Hall–Kier alpha value is -7.71. The van der Waals surface area contributed by atoms with Gasteiger partial charge in [0.1, 0.15) is 30.3 Å². The van der Waals surface area contributed by atoms with E-state index >= 15 is 8.63 Å². The lowest BCUT2D eigenvalue weighted by molar-refractivity contribution is -0.870. The molecular formula is C47H54BF2N7O15S. The maximum absolute atomic E-state index is 17.2. The Kier molecular flexibility index (Phi) is 16.7. The van der Waals surface area contributed by atoms with Gasteiger partial charge in [0.2, 0.25) is 11.8 Å². The van der Waals surface area contributed by atoms with E-state index in [1.807, 2.05) is 0 Å². The molecule has 0 saturated heterocycles. The minimum Gasteiger partial charge on any atom is -0.748 e. The third kappa shape index (κ3) is 13.4. The fourth-order valence-electron chi connectivity index (χ4n) is 8.38. The standard InChI is InChI=1S/C47H54BF2N7O15S/c1-29-23-34(53-39(29)26-41-32(9-8-21-57(3,4)5)24-40(54(41)48(53,49)50)31-10-15-35(68-6)16-11-31)14-19-45(58)52-38(28-73(65,66)67)46(59)51-20-22-70-44-27-42(56(63)64)37(25-43(44)69-7)30(2)71-47(60)72-36-17-12-33(13-18-36)55(61)62/h10-13,15-18,23-27,30,38H,8-9,14,19-22,28H2,1-7H3,(H2-,51,52,58,59,65,66,67). The number of fused-ring (bicyclic) bond motifs is 2. The lowest BCUT2D eigenvalue weighted by Gasteiger charge is -2.32. The summed E-state index contributed by atoms with van der Waals surface area (Å²) in [6.45, 7) is -1.57. The van der Waals surface area contributed by atoms with Crippen LogP contribution in [0.5, 0.6) is 23.0 Å². The summed E-state index contributed by atoms with van der Waals surface area (Å²) in [5.41, 5.74) is 1.83. The van der Waals surface area contributed by atoms with Crippen molar-refractivity contribution in [1.82, 2.24) is 15.1 Å². The number of carbonyl (C=O) groups excluding carboxylic acids is 3. The van der Waals surface area contributed by atoms with Gasteiger partial charge in [-0.2, -0.15) is 0 Å². The van der Waals surface area contributed by atoms with E-state index in [4.69, 9.17) is 23.7 Å². The first-order valence-electron chi connectivity index (χ1n) is 22.7. The molecule has 2 unspecified atom stereocenters. The average Bonchev–Trinajstić information content (AvgIpc) is 3.86. The molecule has 1 aromatic heterocycles. The number of hydrogen-bond donors (Lipinski definition) is 2. The lowest BCUT2D eigenvalue weighted by atomic mass is 9.88. The molecule has 73 heavy (non-hydrogen) atoms. The van der Waals surface area contributed by atoms with Gasteiger partial charge in [0.05, 0.1) is 85.8 Å². The third-order valence-electron chi connectivity index (χ3n) is 11.8. The number of nitro groups is 2. The van der Waals surface area contributed by atoms with Crippen LogP contribution < -0.4 is 29.6 Å². The molecule has 3 aromatic carbocycles. The summed E-state index contributed by atoms with van der Waals surface area (Å²) in [6, 6.07) is 13.0. The van der Waals surface area contributed by atoms with E-state index in [0.29, 0.717) is 33.5 Å². The lowest BCUT2D eigenvalue weighted by Crippen LogP contribution is -2.52. The fraction of sp³-hybridized carbons (Fsp3) is 0.362. The molecule has 2 N–H and O–H groups in total. The van der Waals surface area contributed by atoms with Crippen molar-refractivity contribution in [2.75, 3.05) is 60.8 Å². The summed E-state index contributed by atoms with van der Waals surface area (Å²) in [5.74, 6) is -3.21. The second-order valence-electron chi connectivity index (χ2n) is 18.1. The molecule has 0 aliphatic carbocycles. The maximum atomic E-state index is 17.2.